The van der Waals surface area contributed by atoms with Gasteiger partial charge in [0, 0.05) is 24.2 Å². The second-order valence-corrected chi connectivity index (χ2v) is 8.55. The molecule has 2 heterocycles. The van der Waals surface area contributed by atoms with Crippen LogP contribution in [0.15, 0.2) is 42.5 Å². The number of halogens is 1. The molecule has 31 heavy (non-hydrogen) atoms. The number of aromatic nitrogens is 4. The van der Waals surface area contributed by atoms with Gasteiger partial charge in [0.1, 0.15) is 11.5 Å². The molecule has 1 N–H and O–H groups in total. The van der Waals surface area contributed by atoms with Crippen LogP contribution >= 0.6 is 0 Å². The van der Waals surface area contributed by atoms with Gasteiger partial charge in [-0.05, 0) is 78.8 Å². The molecule has 160 valence electrons. The largest absolute Gasteiger partial charge is 0.324 e. The number of hydrogen-bond donors (Lipinski definition) is 1. The van der Waals surface area contributed by atoms with Crippen molar-refractivity contribution in [3.05, 3.63) is 65.2 Å². The first-order valence-electron chi connectivity index (χ1n) is 10.7. The molecule has 2 amide bonds. The van der Waals surface area contributed by atoms with Crippen LogP contribution in [0, 0.1) is 12.7 Å². The monoisotopic (exact) mass is 420 g/mol. The van der Waals surface area contributed by atoms with E-state index in [1.165, 1.54) is 21.9 Å². The Labute approximate surface area is 180 Å². The lowest BCUT2D eigenvalue weighted by molar-refractivity contribution is 0.148. The van der Waals surface area contributed by atoms with Gasteiger partial charge in [0.2, 0.25) is 0 Å². The Kier molecular flexibility index (Phi) is 4.92. The molecular weight excluding hydrogens is 395 g/mol. The Balaban J connectivity index is 1.37. The second-order valence-electron chi connectivity index (χ2n) is 8.55. The summed E-state index contributed by atoms with van der Waals surface area (Å²) in [7, 11) is 0. The summed E-state index contributed by atoms with van der Waals surface area (Å²) in [5.41, 5.74) is 3.56. The Morgan fingerprint density at radius 2 is 2.00 bits per heavy atom. The minimum atomic E-state index is -0.455. The first-order valence-corrected chi connectivity index (χ1v) is 10.7. The fourth-order valence-corrected chi connectivity index (χ4v) is 5.15. The van der Waals surface area contributed by atoms with E-state index in [1.807, 2.05) is 4.90 Å². The summed E-state index contributed by atoms with van der Waals surface area (Å²) in [5, 5.41) is 14.1. The fraction of sp³-hybridized carbons (Fsp3) is 0.391. The fourth-order valence-electron chi connectivity index (χ4n) is 5.15. The highest BCUT2D eigenvalue weighted by Gasteiger charge is 2.41. The number of urea groups is 1. The smallest absolute Gasteiger partial charge is 0.321 e. The van der Waals surface area contributed by atoms with Crippen molar-refractivity contribution in [2.24, 2.45) is 0 Å². The van der Waals surface area contributed by atoms with Crippen LogP contribution in [-0.4, -0.2) is 44.2 Å². The number of aryl methyl sites for hydroxylation is 2. The number of carbonyl (C=O) groups excluding carboxylic acids is 1. The average molecular weight is 420 g/mol. The van der Waals surface area contributed by atoms with Crippen molar-refractivity contribution in [2.45, 2.75) is 44.4 Å². The summed E-state index contributed by atoms with van der Waals surface area (Å²) in [6, 6.07) is 12.9. The third-order valence-corrected chi connectivity index (χ3v) is 6.61. The molecule has 1 saturated heterocycles. The number of tetrazole rings is 1. The zero-order valence-electron chi connectivity index (χ0n) is 17.5. The van der Waals surface area contributed by atoms with Gasteiger partial charge in [-0.2, -0.15) is 4.68 Å². The van der Waals surface area contributed by atoms with Crippen molar-refractivity contribution in [1.82, 2.24) is 25.1 Å². The van der Waals surface area contributed by atoms with Gasteiger partial charge in [-0.3, -0.25) is 0 Å². The molecule has 8 heteroatoms. The normalized spacial score (nSPS) is 20.5. The van der Waals surface area contributed by atoms with Gasteiger partial charge in [-0.15, -0.1) is 5.10 Å². The first-order chi connectivity index (χ1) is 15.1. The Morgan fingerprint density at radius 3 is 2.84 bits per heavy atom. The van der Waals surface area contributed by atoms with E-state index in [1.54, 1.807) is 19.1 Å². The maximum absolute atomic E-state index is 14.3. The molecule has 1 fully saturated rings. The average Bonchev–Trinajstić information content (AvgIpc) is 3.21. The van der Waals surface area contributed by atoms with E-state index in [2.05, 4.69) is 45.1 Å². The lowest BCUT2D eigenvalue weighted by Gasteiger charge is -2.46. The molecule has 2 aromatic carbocycles. The van der Waals surface area contributed by atoms with Crippen molar-refractivity contribution < 1.29 is 9.18 Å². The van der Waals surface area contributed by atoms with Gasteiger partial charge >= 0.3 is 6.03 Å². The summed E-state index contributed by atoms with van der Waals surface area (Å²) in [6.45, 7) is 3.12. The van der Waals surface area contributed by atoms with Crippen molar-refractivity contribution in [1.29, 1.82) is 0 Å². The van der Waals surface area contributed by atoms with Crippen LogP contribution < -0.4 is 5.32 Å². The van der Waals surface area contributed by atoms with Crippen LogP contribution in [0.2, 0.25) is 0 Å². The predicted octanol–water partition coefficient (Wildman–Crippen LogP) is 4.01. The standard InChI is InChI=1S/C23H25FN6O/c1-16-26-27-28-30(16)21-14-18(9-10-20(21)24)25-22(31)29-13-5-12-23(15-29)11-4-7-17-6-2-3-8-19(17)23/h2-3,6,8-10,14H,4-5,7,11-13,15H2,1H3,(H,25,31). The Bertz CT molecular complexity index is 1130. The Hall–Kier alpha value is -3.29. The summed E-state index contributed by atoms with van der Waals surface area (Å²) in [4.78, 5) is 15.0. The highest BCUT2D eigenvalue weighted by molar-refractivity contribution is 5.89. The number of fused-ring (bicyclic) bond motifs is 2. The molecule has 1 aliphatic heterocycles. The second kappa shape index (κ2) is 7.76. The zero-order valence-corrected chi connectivity index (χ0v) is 17.5. The number of nitrogens with one attached hydrogen (secondary N) is 1. The van der Waals surface area contributed by atoms with Crippen LogP contribution in [0.4, 0.5) is 14.9 Å². The molecule has 5 rings (SSSR count). The van der Waals surface area contributed by atoms with E-state index in [9.17, 15) is 9.18 Å². The minimum Gasteiger partial charge on any atom is -0.324 e. The molecule has 0 bridgehead atoms. The minimum absolute atomic E-state index is 0.0297. The first kappa shape index (κ1) is 19.7. The van der Waals surface area contributed by atoms with Gasteiger partial charge < -0.3 is 10.2 Å². The predicted molar refractivity (Wildman–Crippen MR) is 115 cm³/mol. The number of benzene rings is 2. The van der Waals surface area contributed by atoms with E-state index >= 15 is 0 Å². The third-order valence-electron chi connectivity index (χ3n) is 6.61. The van der Waals surface area contributed by atoms with Crippen LogP contribution in [0.3, 0.4) is 0 Å². The van der Waals surface area contributed by atoms with E-state index in [4.69, 9.17) is 0 Å². The van der Waals surface area contributed by atoms with Crippen molar-refractivity contribution >= 4 is 11.7 Å². The van der Waals surface area contributed by atoms with E-state index in [-0.39, 0.29) is 17.1 Å². The SMILES string of the molecule is Cc1nnnn1-c1cc(NC(=O)N2CCCC3(CCCc4ccccc43)C2)ccc1F. The topological polar surface area (TPSA) is 75.9 Å². The number of hydrogen-bond acceptors (Lipinski definition) is 4. The number of likely N-dealkylation sites (tertiary alicyclic amines) is 1. The van der Waals surface area contributed by atoms with Gasteiger partial charge in [-0.1, -0.05) is 24.3 Å². The highest BCUT2D eigenvalue weighted by Crippen LogP contribution is 2.43. The van der Waals surface area contributed by atoms with Gasteiger partial charge in [-0.25, -0.2) is 9.18 Å². The van der Waals surface area contributed by atoms with Crippen LogP contribution in [0.25, 0.3) is 5.69 Å². The molecule has 1 unspecified atom stereocenters. The maximum Gasteiger partial charge on any atom is 0.321 e. The molecule has 0 saturated carbocycles. The summed E-state index contributed by atoms with van der Waals surface area (Å²) in [6.07, 6.45) is 5.44. The summed E-state index contributed by atoms with van der Waals surface area (Å²) < 4.78 is 15.7. The summed E-state index contributed by atoms with van der Waals surface area (Å²) in [5.74, 6) is 0.0143. The van der Waals surface area contributed by atoms with Crippen molar-refractivity contribution in [3.8, 4) is 5.69 Å². The van der Waals surface area contributed by atoms with Gasteiger partial charge in [0.15, 0.2) is 5.82 Å². The van der Waals surface area contributed by atoms with E-state index in [0.29, 0.717) is 18.1 Å². The molecule has 1 aliphatic carbocycles. The third kappa shape index (κ3) is 3.56. The Morgan fingerprint density at radius 1 is 1.16 bits per heavy atom. The number of nitrogens with zero attached hydrogens (tertiary/aromatic N) is 5. The molecule has 2 aliphatic rings. The molecule has 1 aromatic heterocycles. The van der Waals surface area contributed by atoms with Crippen molar-refractivity contribution in [2.75, 3.05) is 18.4 Å². The number of piperidine rings is 1. The molecule has 3 aromatic rings. The number of carbonyl (C=O) groups is 1. The highest BCUT2D eigenvalue weighted by atomic mass is 19.1. The number of amides is 2. The van der Waals surface area contributed by atoms with Crippen LogP contribution in [0.1, 0.15) is 42.6 Å². The number of rotatable bonds is 2. The van der Waals surface area contributed by atoms with Crippen LogP contribution in [0.5, 0.6) is 0 Å². The quantitative estimate of drug-likeness (QED) is 0.680. The molecule has 1 spiro atoms. The van der Waals surface area contributed by atoms with E-state index in [0.717, 1.165) is 38.6 Å². The number of anilines is 1. The summed E-state index contributed by atoms with van der Waals surface area (Å²) >= 11 is 0. The zero-order chi connectivity index (χ0) is 21.4. The molecule has 1 atom stereocenters. The van der Waals surface area contributed by atoms with Crippen molar-refractivity contribution in [3.63, 3.8) is 0 Å². The van der Waals surface area contributed by atoms with Crippen LogP contribution in [-0.2, 0) is 11.8 Å². The molecular formula is C23H25FN6O. The molecule has 0 radical (unpaired) electrons. The molecule has 7 nitrogen and oxygen atoms in total. The van der Waals surface area contributed by atoms with E-state index < -0.39 is 5.82 Å². The lowest BCUT2D eigenvalue weighted by Crippen LogP contribution is -2.51. The lowest BCUT2D eigenvalue weighted by atomic mass is 9.66. The van der Waals surface area contributed by atoms with Gasteiger partial charge in [0.25, 0.3) is 0 Å². The maximum atomic E-state index is 14.3. The van der Waals surface area contributed by atoms with Gasteiger partial charge in [0.05, 0.1) is 0 Å².